The van der Waals surface area contributed by atoms with E-state index in [2.05, 4.69) is 20.8 Å². The molecule has 3 rings (SSSR count). The predicted molar refractivity (Wildman–Crippen MR) is 93.5 cm³/mol. The Morgan fingerprint density at radius 1 is 1.35 bits per heavy atom. The van der Waals surface area contributed by atoms with Crippen LogP contribution < -0.4 is 15.4 Å². The molecule has 0 radical (unpaired) electrons. The third kappa shape index (κ3) is 4.59. The number of benzene rings is 1. The lowest BCUT2D eigenvalue weighted by Crippen LogP contribution is -2.22. The Morgan fingerprint density at radius 2 is 2.09 bits per heavy atom. The molecular formula is C15H18N4O2S2. The SMILES string of the molecule is COc1ccc(NC(=O)[C@H](C)Sc2nnc(NC3CC3)s2)cc1. The highest BCUT2D eigenvalue weighted by Gasteiger charge is 2.23. The van der Waals surface area contributed by atoms with Crippen molar-refractivity contribution in [2.24, 2.45) is 0 Å². The Morgan fingerprint density at radius 3 is 2.74 bits per heavy atom. The molecule has 2 aromatic rings. The molecule has 0 spiro atoms. The number of nitrogens with zero attached hydrogens (tertiary/aromatic N) is 2. The maximum atomic E-state index is 12.2. The average molecular weight is 350 g/mol. The predicted octanol–water partition coefficient (Wildman–Crippen LogP) is 3.24. The molecule has 1 aliphatic carbocycles. The molecule has 1 aromatic heterocycles. The van der Waals surface area contributed by atoms with E-state index in [9.17, 15) is 4.79 Å². The molecule has 0 saturated heterocycles. The summed E-state index contributed by atoms with van der Waals surface area (Å²) >= 11 is 2.91. The van der Waals surface area contributed by atoms with Crippen molar-refractivity contribution in [3.05, 3.63) is 24.3 Å². The van der Waals surface area contributed by atoms with E-state index in [4.69, 9.17) is 4.74 Å². The molecule has 0 unspecified atom stereocenters. The van der Waals surface area contributed by atoms with Gasteiger partial charge in [-0.15, -0.1) is 10.2 Å². The Labute approximate surface area is 143 Å². The van der Waals surface area contributed by atoms with Crippen LogP contribution in [0.2, 0.25) is 0 Å². The second kappa shape index (κ2) is 7.18. The van der Waals surface area contributed by atoms with Crippen LogP contribution in [0.3, 0.4) is 0 Å². The molecule has 1 heterocycles. The van der Waals surface area contributed by atoms with Crippen molar-refractivity contribution in [1.82, 2.24) is 10.2 Å². The molecule has 0 aliphatic heterocycles. The quantitative estimate of drug-likeness (QED) is 0.747. The first-order valence-electron chi connectivity index (χ1n) is 7.35. The van der Waals surface area contributed by atoms with Gasteiger partial charge in [-0.3, -0.25) is 4.79 Å². The lowest BCUT2D eigenvalue weighted by Gasteiger charge is -2.10. The van der Waals surface area contributed by atoms with Crippen molar-refractivity contribution in [3.63, 3.8) is 0 Å². The fourth-order valence-electron chi connectivity index (χ4n) is 1.84. The second-order valence-corrected chi connectivity index (χ2v) is 7.84. The van der Waals surface area contributed by atoms with Crippen molar-refractivity contribution in [2.75, 3.05) is 17.7 Å². The van der Waals surface area contributed by atoms with Gasteiger partial charge in [-0.05, 0) is 44.0 Å². The van der Waals surface area contributed by atoms with Gasteiger partial charge in [0, 0.05) is 11.7 Å². The number of rotatable bonds is 7. The number of anilines is 2. The van der Waals surface area contributed by atoms with Gasteiger partial charge in [0.25, 0.3) is 0 Å². The highest BCUT2D eigenvalue weighted by molar-refractivity contribution is 8.02. The van der Waals surface area contributed by atoms with Crippen LogP contribution in [0, 0.1) is 0 Å². The highest BCUT2D eigenvalue weighted by Crippen LogP contribution is 2.32. The van der Waals surface area contributed by atoms with Gasteiger partial charge >= 0.3 is 0 Å². The lowest BCUT2D eigenvalue weighted by molar-refractivity contribution is -0.115. The van der Waals surface area contributed by atoms with Crippen molar-refractivity contribution in [1.29, 1.82) is 0 Å². The minimum atomic E-state index is -0.251. The molecule has 1 fully saturated rings. The maximum Gasteiger partial charge on any atom is 0.237 e. The van der Waals surface area contributed by atoms with E-state index in [0.29, 0.717) is 6.04 Å². The number of hydrogen-bond donors (Lipinski definition) is 2. The fourth-order valence-corrected chi connectivity index (χ4v) is 3.81. The minimum Gasteiger partial charge on any atom is -0.497 e. The molecule has 1 aromatic carbocycles. The number of hydrogen-bond acceptors (Lipinski definition) is 7. The topological polar surface area (TPSA) is 76.1 Å². The van der Waals surface area contributed by atoms with E-state index in [1.807, 2.05) is 31.2 Å². The van der Waals surface area contributed by atoms with E-state index in [1.165, 1.54) is 35.9 Å². The van der Waals surface area contributed by atoms with Crippen molar-refractivity contribution < 1.29 is 9.53 Å². The number of nitrogens with one attached hydrogen (secondary N) is 2. The number of ether oxygens (including phenoxy) is 1. The van der Waals surface area contributed by atoms with Gasteiger partial charge in [-0.1, -0.05) is 23.1 Å². The number of amides is 1. The molecule has 122 valence electrons. The molecule has 23 heavy (non-hydrogen) atoms. The molecular weight excluding hydrogens is 332 g/mol. The van der Waals surface area contributed by atoms with Gasteiger partial charge in [0.2, 0.25) is 11.0 Å². The third-order valence-corrected chi connectivity index (χ3v) is 5.35. The van der Waals surface area contributed by atoms with Crippen LogP contribution in [0.25, 0.3) is 0 Å². The summed E-state index contributed by atoms with van der Waals surface area (Å²) in [7, 11) is 1.61. The molecule has 1 saturated carbocycles. The standard InChI is InChI=1S/C15H18N4O2S2/c1-9(13(20)16-10-5-7-12(21-2)8-6-10)22-15-19-18-14(23-15)17-11-3-4-11/h5-9,11H,3-4H2,1-2H3,(H,16,20)(H,17,18)/t9-/m0/s1. The summed E-state index contributed by atoms with van der Waals surface area (Å²) in [6.07, 6.45) is 2.39. The third-order valence-electron chi connectivity index (χ3n) is 3.32. The van der Waals surface area contributed by atoms with Gasteiger partial charge in [-0.2, -0.15) is 0 Å². The number of thioether (sulfide) groups is 1. The van der Waals surface area contributed by atoms with E-state index in [-0.39, 0.29) is 11.2 Å². The smallest absolute Gasteiger partial charge is 0.237 e. The first-order valence-corrected chi connectivity index (χ1v) is 9.05. The summed E-state index contributed by atoms with van der Waals surface area (Å²) < 4.78 is 5.89. The zero-order valence-corrected chi connectivity index (χ0v) is 14.5. The largest absolute Gasteiger partial charge is 0.497 e. The van der Waals surface area contributed by atoms with Crippen molar-refractivity contribution >= 4 is 39.8 Å². The molecule has 1 amide bonds. The van der Waals surface area contributed by atoms with Gasteiger partial charge < -0.3 is 15.4 Å². The first kappa shape index (κ1) is 16.1. The molecule has 6 nitrogen and oxygen atoms in total. The second-order valence-electron chi connectivity index (χ2n) is 5.27. The fraction of sp³-hybridized carbons (Fsp3) is 0.400. The number of methoxy groups -OCH3 is 1. The van der Waals surface area contributed by atoms with E-state index < -0.39 is 0 Å². The summed E-state index contributed by atoms with van der Waals surface area (Å²) in [5, 5.41) is 15.0. The average Bonchev–Trinajstić information content (AvgIpc) is 3.26. The van der Waals surface area contributed by atoms with Gasteiger partial charge in [0.1, 0.15) is 5.75 Å². The summed E-state index contributed by atoms with van der Waals surface area (Å²) in [6, 6.07) is 7.81. The highest BCUT2D eigenvalue weighted by atomic mass is 32.2. The summed E-state index contributed by atoms with van der Waals surface area (Å²) in [5.41, 5.74) is 0.747. The van der Waals surface area contributed by atoms with Gasteiger partial charge in [0.15, 0.2) is 4.34 Å². The molecule has 2 N–H and O–H groups in total. The lowest BCUT2D eigenvalue weighted by atomic mass is 10.3. The number of carbonyl (C=O) groups is 1. The van der Waals surface area contributed by atoms with Crippen molar-refractivity contribution in [2.45, 2.75) is 35.4 Å². The number of aromatic nitrogens is 2. The van der Waals surface area contributed by atoms with E-state index in [1.54, 1.807) is 7.11 Å². The minimum absolute atomic E-state index is 0.0629. The Bertz CT molecular complexity index is 670. The molecule has 0 bridgehead atoms. The summed E-state index contributed by atoms with van der Waals surface area (Å²) in [6.45, 7) is 1.86. The van der Waals surface area contributed by atoms with Crippen LogP contribution in [0.5, 0.6) is 5.75 Å². The van der Waals surface area contributed by atoms with Gasteiger partial charge in [-0.25, -0.2) is 0 Å². The molecule has 1 aliphatic rings. The Kier molecular flexibility index (Phi) is 5.02. The Balaban J connectivity index is 1.52. The zero-order valence-electron chi connectivity index (χ0n) is 12.9. The first-order chi connectivity index (χ1) is 11.1. The number of carbonyl (C=O) groups excluding carboxylic acids is 1. The zero-order chi connectivity index (χ0) is 16.2. The van der Waals surface area contributed by atoms with E-state index >= 15 is 0 Å². The normalized spacial score (nSPS) is 15.0. The van der Waals surface area contributed by atoms with E-state index in [0.717, 1.165) is 20.9 Å². The van der Waals surface area contributed by atoms with Crippen molar-refractivity contribution in [3.8, 4) is 5.75 Å². The van der Waals surface area contributed by atoms with Crippen LogP contribution in [0.1, 0.15) is 19.8 Å². The molecule has 1 atom stereocenters. The van der Waals surface area contributed by atoms with Crippen LogP contribution in [0.15, 0.2) is 28.6 Å². The van der Waals surface area contributed by atoms with Crippen LogP contribution in [-0.4, -0.2) is 34.5 Å². The summed E-state index contributed by atoms with van der Waals surface area (Å²) in [5.74, 6) is 0.696. The van der Waals surface area contributed by atoms with Crippen LogP contribution in [0.4, 0.5) is 10.8 Å². The molecule has 8 heteroatoms. The Hall–Kier alpha value is -1.80. The summed E-state index contributed by atoms with van der Waals surface area (Å²) in [4.78, 5) is 12.2. The van der Waals surface area contributed by atoms with Crippen LogP contribution in [-0.2, 0) is 4.79 Å². The van der Waals surface area contributed by atoms with Gasteiger partial charge in [0.05, 0.1) is 12.4 Å². The van der Waals surface area contributed by atoms with Crippen LogP contribution >= 0.6 is 23.1 Å². The monoisotopic (exact) mass is 350 g/mol. The maximum absolute atomic E-state index is 12.2.